The first-order valence-corrected chi connectivity index (χ1v) is 6.48. The van der Waals surface area contributed by atoms with Crippen molar-refractivity contribution in [2.45, 2.75) is 13.5 Å². The Morgan fingerprint density at radius 3 is 2.56 bits per heavy atom. The van der Waals surface area contributed by atoms with Crippen molar-refractivity contribution in [3.05, 3.63) is 29.6 Å². The monoisotopic (exact) mass is 246 g/mol. The van der Waals surface area contributed by atoms with Gasteiger partial charge in [0.2, 0.25) is 10.0 Å². The fourth-order valence-electron chi connectivity index (χ4n) is 1.27. The molecule has 1 rings (SSSR count). The number of hydrogen-bond donors (Lipinski definition) is 1. The summed E-state index contributed by atoms with van der Waals surface area (Å²) in [4.78, 5) is 0. The smallest absolute Gasteiger partial charge is 0.234 e. The minimum Gasteiger partial charge on any atom is -0.326 e. The number of nitrogens with two attached hydrogens (primary N) is 1. The van der Waals surface area contributed by atoms with E-state index >= 15 is 0 Å². The Morgan fingerprint density at radius 1 is 1.44 bits per heavy atom. The Hall–Kier alpha value is -1.14. The first-order valence-electron chi connectivity index (χ1n) is 4.87. The van der Waals surface area contributed by atoms with Crippen molar-refractivity contribution < 1.29 is 12.8 Å². The van der Waals surface area contributed by atoms with Crippen LogP contribution in [0.2, 0.25) is 0 Å². The third-order valence-electron chi connectivity index (χ3n) is 2.39. The number of hydrogen-bond acceptors (Lipinski definition) is 3. The molecule has 0 spiro atoms. The van der Waals surface area contributed by atoms with Crippen molar-refractivity contribution >= 4 is 15.7 Å². The highest BCUT2D eigenvalue weighted by Gasteiger charge is 2.16. The molecule has 0 atom stereocenters. The zero-order valence-corrected chi connectivity index (χ0v) is 10.1. The van der Waals surface area contributed by atoms with Gasteiger partial charge in [-0.1, -0.05) is 0 Å². The number of rotatable bonds is 4. The molecule has 0 heterocycles. The lowest BCUT2D eigenvalue weighted by Crippen LogP contribution is -2.28. The Kier molecular flexibility index (Phi) is 3.88. The highest BCUT2D eigenvalue weighted by Crippen LogP contribution is 2.20. The lowest BCUT2D eigenvalue weighted by atomic mass is 10.2. The van der Waals surface area contributed by atoms with Gasteiger partial charge in [-0.3, -0.25) is 4.31 Å². The van der Waals surface area contributed by atoms with E-state index in [1.807, 2.05) is 0 Å². The summed E-state index contributed by atoms with van der Waals surface area (Å²) in [6.07, 6.45) is 0. The third-order valence-corrected chi connectivity index (χ3v) is 4.17. The summed E-state index contributed by atoms with van der Waals surface area (Å²) in [6.45, 7) is 1.60. The van der Waals surface area contributed by atoms with Crippen LogP contribution in [0.4, 0.5) is 10.1 Å². The van der Waals surface area contributed by atoms with Crippen LogP contribution in [0.5, 0.6) is 0 Å². The Labute approximate surface area is 94.9 Å². The van der Waals surface area contributed by atoms with E-state index < -0.39 is 15.8 Å². The van der Waals surface area contributed by atoms with Crippen LogP contribution >= 0.6 is 0 Å². The van der Waals surface area contributed by atoms with Gasteiger partial charge in [-0.05, 0) is 25.1 Å². The second-order valence-electron chi connectivity index (χ2n) is 3.35. The molecular weight excluding hydrogens is 231 g/mol. The molecule has 0 aliphatic heterocycles. The van der Waals surface area contributed by atoms with E-state index in [1.54, 1.807) is 6.92 Å². The normalized spacial score (nSPS) is 11.5. The number of nitrogens with zero attached hydrogens (tertiary/aromatic N) is 1. The Bertz CT molecular complexity index is 474. The first kappa shape index (κ1) is 12.9. The standard InChI is InChI=1S/C10H15FN2O2S/c1-3-16(14,15)13(2)9-4-5-10(11)8(6-9)7-12/h4-6H,3,7,12H2,1-2H3. The van der Waals surface area contributed by atoms with Crippen LogP contribution in [-0.4, -0.2) is 21.2 Å². The van der Waals surface area contributed by atoms with E-state index in [0.717, 1.165) is 4.31 Å². The van der Waals surface area contributed by atoms with Crippen LogP contribution in [0.1, 0.15) is 12.5 Å². The first-order chi connectivity index (χ1) is 7.42. The molecule has 1 aromatic rings. The number of halogens is 1. The molecule has 0 bridgehead atoms. The summed E-state index contributed by atoms with van der Waals surface area (Å²) < 4.78 is 37.5. The van der Waals surface area contributed by atoms with Crippen molar-refractivity contribution in [1.29, 1.82) is 0 Å². The van der Waals surface area contributed by atoms with Crippen LogP contribution in [0.15, 0.2) is 18.2 Å². The van der Waals surface area contributed by atoms with Gasteiger partial charge in [0.05, 0.1) is 11.4 Å². The van der Waals surface area contributed by atoms with Crippen LogP contribution in [0, 0.1) is 5.82 Å². The van der Waals surface area contributed by atoms with Crippen molar-refractivity contribution in [2.75, 3.05) is 17.1 Å². The van der Waals surface area contributed by atoms with Crippen molar-refractivity contribution in [3.63, 3.8) is 0 Å². The lowest BCUT2D eigenvalue weighted by molar-refractivity contribution is 0.594. The highest BCUT2D eigenvalue weighted by atomic mass is 32.2. The second-order valence-corrected chi connectivity index (χ2v) is 5.64. The molecule has 1 aromatic carbocycles. The van der Waals surface area contributed by atoms with Crippen LogP contribution < -0.4 is 10.0 Å². The Balaban J connectivity index is 3.15. The zero-order chi connectivity index (χ0) is 12.3. The SMILES string of the molecule is CCS(=O)(=O)N(C)c1ccc(F)c(CN)c1. The summed E-state index contributed by atoms with van der Waals surface area (Å²) in [6, 6.07) is 4.09. The molecule has 2 N–H and O–H groups in total. The molecule has 0 aliphatic rings. The van der Waals surface area contributed by atoms with Crippen LogP contribution in [-0.2, 0) is 16.6 Å². The maximum Gasteiger partial charge on any atom is 0.234 e. The lowest BCUT2D eigenvalue weighted by Gasteiger charge is -2.19. The van der Waals surface area contributed by atoms with E-state index in [9.17, 15) is 12.8 Å². The van der Waals surface area contributed by atoms with Crippen LogP contribution in [0.3, 0.4) is 0 Å². The summed E-state index contributed by atoms with van der Waals surface area (Å²) in [5.41, 5.74) is 6.07. The topological polar surface area (TPSA) is 63.4 Å². The second kappa shape index (κ2) is 4.80. The predicted molar refractivity (Wildman–Crippen MR) is 62.2 cm³/mol. The number of anilines is 1. The number of benzene rings is 1. The molecule has 0 unspecified atom stereocenters. The average molecular weight is 246 g/mol. The molecular formula is C10H15FN2O2S. The molecule has 0 saturated carbocycles. The van der Waals surface area contributed by atoms with Gasteiger partial charge < -0.3 is 5.73 Å². The maximum atomic E-state index is 13.2. The van der Waals surface area contributed by atoms with E-state index in [2.05, 4.69) is 0 Å². The van der Waals surface area contributed by atoms with E-state index in [0.29, 0.717) is 11.3 Å². The molecule has 0 amide bonds. The van der Waals surface area contributed by atoms with Crippen LogP contribution in [0.25, 0.3) is 0 Å². The van der Waals surface area contributed by atoms with Gasteiger partial charge in [-0.2, -0.15) is 0 Å². The molecule has 0 fully saturated rings. The summed E-state index contributed by atoms with van der Waals surface area (Å²) in [7, 11) is -1.88. The van der Waals surface area contributed by atoms with E-state index in [4.69, 9.17) is 5.73 Å². The fourth-order valence-corrected chi connectivity index (χ4v) is 2.09. The fraction of sp³-hybridized carbons (Fsp3) is 0.400. The molecule has 6 heteroatoms. The molecule has 0 radical (unpaired) electrons. The van der Waals surface area contributed by atoms with Gasteiger partial charge in [0.15, 0.2) is 0 Å². The summed E-state index contributed by atoms with van der Waals surface area (Å²) in [5.74, 6) is -0.424. The van der Waals surface area contributed by atoms with Crippen molar-refractivity contribution in [1.82, 2.24) is 0 Å². The minimum atomic E-state index is -3.32. The molecule has 4 nitrogen and oxygen atoms in total. The van der Waals surface area contributed by atoms with Gasteiger partial charge in [-0.15, -0.1) is 0 Å². The Morgan fingerprint density at radius 2 is 2.06 bits per heavy atom. The summed E-state index contributed by atoms with van der Waals surface area (Å²) in [5, 5.41) is 0. The van der Waals surface area contributed by atoms with Crippen molar-refractivity contribution in [3.8, 4) is 0 Å². The molecule has 90 valence electrons. The largest absolute Gasteiger partial charge is 0.326 e. The minimum absolute atomic E-state index is 0.00116. The van der Waals surface area contributed by atoms with Crippen molar-refractivity contribution in [2.24, 2.45) is 5.73 Å². The molecule has 0 aliphatic carbocycles. The number of sulfonamides is 1. The van der Waals surface area contributed by atoms with Gasteiger partial charge >= 0.3 is 0 Å². The highest BCUT2D eigenvalue weighted by molar-refractivity contribution is 7.92. The predicted octanol–water partition coefficient (Wildman–Crippen LogP) is 1.07. The maximum absolute atomic E-state index is 13.2. The quantitative estimate of drug-likeness (QED) is 0.864. The zero-order valence-electron chi connectivity index (χ0n) is 9.27. The average Bonchev–Trinajstić information content (AvgIpc) is 2.28. The van der Waals surface area contributed by atoms with Gasteiger partial charge in [0, 0.05) is 19.2 Å². The molecule has 0 aromatic heterocycles. The third kappa shape index (κ3) is 2.51. The summed E-state index contributed by atoms with van der Waals surface area (Å²) >= 11 is 0. The van der Waals surface area contributed by atoms with E-state index in [-0.39, 0.29) is 12.3 Å². The molecule has 16 heavy (non-hydrogen) atoms. The van der Waals surface area contributed by atoms with Gasteiger partial charge in [0.25, 0.3) is 0 Å². The van der Waals surface area contributed by atoms with Gasteiger partial charge in [0.1, 0.15) is 5.82 Å². The molecule has 0 saturated heterocycles. The van der Waals surface area contributed by atoms with E-state index in [1.165, 1.54) is 25.2 Å². The van der Waals surface area contributed by atoms with Gasteiger partial charge in [-0.25, -0.2) is 12.8 Å².